The SMILES string of the molecule is C=C(C)CNC(=NCC(=O)N(C)C)NCCCOCCCC. The van der Waals surface area contributed by atoms with E-state index in [-0.39, 0.29) is 12.5 Å². The van der Waals surface area contributed by atoms with Gasteiger partial charge in [-0.05, 0) is 19.8 Å². The van der Waals surface area contributed by atoms with E-state index in [2.05, 4.69) is 29.1 Å². The van der Waals surface area contributed by atoms with Crippen LogP contribution in [0.5, 0.6) is 0 Å². The van der Waals surface area contributed by atoms with Crippen molar-refractivity contribution in [2.75, 3.05) is 46.9 Å². The van der Waals surface area contributed by atoms with E-state index in [0.29, 0.717) is 12.5 Å². The van der Waals surface area contributed by atoms with Crippen molar-refractivity contribution in [3.8, 4) is 0 Å². The van der Waals surface area contributed by atoms with Crippen LogP contribution < -0.4 is 10.6 Å². The summed E-state index contributed by atoms with van der Waals surface area (Å²) in [5, 5.41) is 6.36. The topological polar surface area (TPSA) is 66.0 Å². The summed E-state index contributed by atoms with van der Waals surface area (Å²) in [6, 6.07) is 0. The Bertz CT molecular complexity index is 354. The summed E-state index contributed by atoms with van der Waals surface area (Å²) in [6.45, 7) is 11.0. The van der Waals surface area contributed by atoms with Crippen molar-refractivity contribution < 1.29 is 9.53 Å². The zero-order valence-electron chi connectivity index (χ0n) is 14.6. The number of nitrogens with zero attached hydrogens (tertiary/aromatic N) is 2. The van der Waals surface area contributed by atoms with Gasteiger partial charge in [0, 0.05) is 40.4 Å². The number of unbranched alkanes of at least 4 members (excludes halogenated alkanes) is 1. The second-order valence-corrected chi connectivity index (χ2v) is 5.51. The zero-order valence-corrected chi connectivity index (χ0v) is 14.6. The summed E-state index contributed by atoms with van der Waals surface area (Å²) in [6.07, 6.45) is 3.16. The minimum absolute atomic E-state index is 0.0284. The van der Waals surface area contributed by atoms with Crippen LogP contribution in [0.15, 0.2) is 17.1 Å². The monoisotopic (exact) mass is 312 g/mol. The number of ether oxygens (including phenoxy) is 1. The number of carbonyl (C=O) groups excluding carboxylic acids is 1. The highest BCUT2D eigenvalue weighted by Gasteiger charge is 2.04. The molecule has 0 rings (SSSR count). The minimum atomic E-state index is -0.0284. The molecule has 1 amide bonds. The van der Waals surface area contributed by atoms with Gasteiger partial charge in [-0.1, -0.05) is 25.5 Å². The Labute approximate surface area is 135 Å². The average Bonchev–Trinajstić information content (AvgIpc) is 2.47. The lowest BCUT2D eigenvalue weighted by Gasteiger charge is -2.14. The van der Waals surface area contributed by atoms with Gasteiger partial charge < -0.3 is 20.3 Å². The fraction of sp³-hybridized carbons (Fsp3) is 0.750. The molecule has 22 heavy (non-hydrogen) atoms. The zero-order chi connectivity index (χ0) is 16.8. The number of carbonyl (C=O) groups is 1. The number of rotatable bonds is 11. The van der Waals surface area contributed by atoms with Crippen molar-refractivity contribution in [3.63, 3.8) is 0 Å². The van der Waals surface area contributed by atoms with Crippen molar-refractivity contribution in [2.24, 2.45) is 4.99 Å². The first kappa shape index (κ1) is 20.4. The number of guanidine groups is 1. The van der Waals surface area contributed by atoms with Crippen LogP contribution >= 0.6 is 0 Å². The Balaban J connectivity index is 4.10. The highest BCUT2D eigenvalue weighted by atomic mass is 16.5. The summed E-state index contributed by atoms with van der Waals surface area (Å²) in [5.41, 5.74) is 1.01. The van der Waals surface area contributed by atoms with E-state index < -0.39 is 0 Å². The molecule has 0 aliphatic heterocycles. The summed E-state index contributed by atoms with van der Waals surface area (Å²) in [5.74, 6) is 0.603. The molecule has 128 valence electrons. The lowest BCUT2D eigenvalue weighted by Crippen LogP contribution is -2.39. The third-order valence-corrected chi connectivity index (χ3v) is 2.83. The molecule has 0 fully saturated rings. The summed E-state index contributed by atoms with van der Waals surface area (Å²) < 4.78 is 5.51. The first-order valence-electron chi connectivity index (χ1n) is 7.91. The van der Waals surface area contributed by atoms with Crippen molar-refractivity contribution >= 4 is 11.9 Å². The van der Waals surface area contributed by atoms with Gasteiger partial charge in [-0.3, -0.25) is 4.79 Å². The van der Waals surface area contributed by atoms with Gasteiger partial charge >= 0.3 is 0 Å². The Hall–Kier alpha value is -1.56. The van der Waals surface area contributed by atoms with E-state index >= 15 is 0 Å². The number of nitrogens with one attached hydrogen (secondary N) is 2. The molecule has 6 nitrogen and oxygen atoms in total. The highest BCUT2D eigenvalue weighted by Crippen LogP contribution is 1.90. The van der Waals surface area contributed by atoms with Gasteiger partial charge in [-0.15, -0.1) is 0 Å². The number of amides is 1. The van der Waals surface area contributed by atoms with Gasteiger partial charge in [-0.2, -0.15) is 0 Å². The van der Waals surface area contributed by atoms with E-state index in [1.54, 1.807) is 14.1 Å². The molecule has 0 radical (unpaired) electrons. The number of hydrogen-bond donors (Lipinski definition) is 2. The predicted molar refractivity (Wildman–Crippen MR) is 92.2 cm³/mol. The van der Waals surface area contributed by atoms with Gasteiger partial charge in [0.15, 0.2) is 5.96 Å². The van der Waals surface area contributed by atoms with Crippen molar-refractivity contribution in [1.82, 2.24) is 15.5 Å². The van der Waals surface area contributed by atoms with Crippen LogP contribution in [-0.4, -0.2) is 63.7 Å². The third kappa shape index (κ3) is 12.2. The Kier molecular flexibility index (Phi) is 12.2. The maximum absolute atomic E-state index is 11.6. The maximum Gasteiger partial charge on any atom is 0.243 e. The van der Waals surface area contributed by atoms with Gasteiger partial charge in [0.05, 0.1) is 0 Å². The van der Waals surface area contributed by atoms with Crippen LogP contribution in [0, 0.1) is 0 Å². The number of likely N-dealkylation sites (N-methyl/N-ethyl adjacent to an activating group) is 1. The van der Waals surface area contributed by atoms with Gasteiger partial charge in [-0.25, -0.2) is 4.99 Å². The number of hydrogen-bond acceptors (Lipinski definition) is 3. The molecule has 0 unspecified atom stereocenters. The number of aliphatic imine (C=N–C) groups is 1. The molecule has 0 aliphatic rings. The standard InChI is InChI=1S/C16H32N4O2/c1-6-7-10-22-11-8-9-17-16(18-12-14(2)3)19-13-15(21)20(4)5/h2,6-13H2,1,3-5H3,(H2,17,18,19). The lowest BCUT2D eigenvalue weighted by molar-refractivity contribution is -0.127. The van der Waals surface area contributed by atoms with E-state index in [1.807, 2.05) is 6.92 Å². The van der Waals surface area contributed by atoms with Crippen molar-refractivity contribution in [3.05, 3.63) is 12.2 Å². The van der Waals surface area contributed by atoms with Crippen LogP contribution in [0.1, 0.15) is 33.1 Å². The van der Waals surface area contributed by atoms with Gasteiger partial charge in [0.1, 0.15) is 6.54 Å². The first-order valence-corrected chi connectivity index (χ1v) is 7.91. The van der Waals surface area contributed by atoms with Crippen LogP contribution in [0.4, 0.5) is 0 Å². The van der Waals surface area contributed by atoms with Gasteiger partial charge in [0.25, 0.3) is 0 Å². The van der Waals surface area contributed by atoms with Crippen LogP contribution in [0.2, 0.25) is 0 Å². The Morgan fingerprint density at radius 1 is 1.23 bits per heavy atom. The Morgan fingerprint density at radius 2 is 1.91 bits per heavy atom. The van der Waals surface area contributed by atoms with E-state index in [4.69, 9.17) is 4.74 Å². The van der Waals surface area contributed by atoms with E-state index in [0.717, 1.165) is 44.6 Å². The van der Waals surface area contributed by atoms with Crippen molar-refractivity contribution in [2.45, 2.75) is 33.1 Å². The minimum Gasteiger partial charge on any atom is -0.381 e. The molecule has 0 saturated heterocycles. The average molecular weight is 312 g/mol. The van der Waals surface area contributed by atoms with E-state index in [9.17, 15) is 4.79 Å². The molecule has 6 heteroatoms. The fourth-order valence-corrected chi connectivity index (χ4v) is 1.43. The lowest BCUT2D eigenvalue weighted by atomic mass is 10.3. The van der Waals surface area contributed by atoms with Crippen LogP contribution in [-0.2, 0) is 9.53 Å². The molecule has 0 aliphatic carbocycles. The Morgan fingerprint density at radius 3 is 2.50 bits per heavy atom. The largest absolute Gasteiger partial charge is 0.381 e. The fourth-order valence-electron chi connectivity index (χ4n) is 1.43. The quantitative estimate of drug-likeness (QED) is 0.262. The molecule has 2 N–H and O–H groups in total. The second kappa shape index (κ2) is 13.1. The van der Waals surface area contributed by atoms with Gasteiger partial charge in [0.2, 0.25) is 5.91 Å². The highest BCUT2D eigenvalue weighted by molar-refractivity contribution is 5.84. The summed E-state index contributed by atoms with van der Waals surface area (Å²) in [7, 11) is 3.44. The maximum atomic E-state index is 11.6. The molecule has 0 spiro atoms. The first-order chi connectivity index (χ1) is 10.5. The molecule has 0 atom stereocenters. The third-order valence-electron chi connectivity index (χ3n) is 2.83. The van der Waals surface area contributed by atoms with Crippen molar-refractivity contribution in [1.29, 1.82) is 0 Å². The van der Waals surface area contributed by atoms with E-state index in [1.165, 1.54) is 4.90 Å². The smallest absolute Gasteiger partial charge is 0.243 e. The molecule has 0 saturated carbocycles. The predicted octanol–water partition coefficient (Wildman–Crippen LogP) is 1.39. The summed E-state index contributed by atoms with van der Waals surface area (Å²) >= 11 is 0. The molecular formula is C16H32N4O2. The summed E-state index contributed by atoms with van der Waals surface area (Å²) in [4.78, 5) is 17.4. The molecule has 0 heterocycles. The molecule has 0 aromatic rings. The molecular weight excluding hydrogens is 280 g/mol. The second-order valence-electron chi connectivity index (χ2n) is 5.51. The molecule has 0 aromatic heterocycles. The molecule has 0 aromatic carbocycles. The molecule has 0 bridgehead atoms. The van der Waals surface area contributed by atoms with Crippen LogP contribution in [0.25, 0.3) is 0 Å². The van der Waals surface area contributed by atoms with Crippen LogP contribution in [0.3, 0.4) is 0 Å². The normalized spacial score (nSPS) is 11.2.